The number of hydrogen-bond donors (Lipinski definition) is 3. The first-order valence-electron chi connectivity index (χ1n) is 11.5. The second-order valence-electron chi connectivity index (χ2n) is 7.87. The summed E-state index contributed by atoms with van der Waals surface area (Å²) >= 11 is 0. The van der Waals surface area contributed by atoms with Crippen LogP contribution >= 0.6 is 0 Å². The summed E-state index contributed by atoms with van der Waals surface area (Å²) in [5.74, 6) is 0.653. The lowest BCUT2D eigenvalue weighted by molar-refractivity contribution is -0.384. The van der Waals surface area contributed by atoms with Crippen LogP contribution in [-0.2, 0) is 6.42 Å². The van der Waals surface area contributed by atoms with Crippen LogP contribution in [0.5, 0.6) is 5.75 Å². The van der Waals surface area contributed by atoms with E-state index in [9.17, 15) is 19.7 Å². The fourth-order valence-electron chi connectivity index (χ4n) is 3.41. The third kappa shape index (κ3) is 7.45. The Balaban J connectivity index is 1.59. The number of carbonyl (C=O) groups excluding carboxylic acids is 2. The second kappa shape index (κ2) is 12.7. The zero-order valence-corrected chi connectivity index (χ0v) is 20.2. The van der Waals surface area contributed by atoms with Crippen LogP contribution in [0.3, 0.4) is 0 Å². The summed E-state index contributed by atoms with van der Waals surface area (Å²) in [6, 6.07) is 19.5. The van der Waals surface area contributed by atoms with E-state index in [4.69, 9.17) is 4.74 Å². The second-order valence-corrected chi connectivity index (χ2v) is 7.87. The topological polar surface area (TPSA) is 126 Å². The Morgan fingerprint density at radius 3 is 2.11 bits per heavy atom. The van der Waals surface area contributed by atoms with Gasteiger partial charge in [-0.05, 0) is 66.9 Å². The summed E-state index contributed by atoms with van der Waals surface area (Å²) in [5, 5.41) is 19.2. The van der Waals surface area contributed by atoms with E-state index >= 15 is 0 Å². The number of hydrogen-bond acceptors (Lipinski definition) is 5. The van der Waals surface area contributed by atoms with Crippen molar-refractivity contribution in [1.29, 1.82) is 0 Å². The number of benzene rings is 3. The molecule has 10 heteroatoms. The van der Waals surface area contributed by atoms with Crippen molar-refractivity contribution in [1.82, 2.24) is 5.32 Å². The Bertz CT molecular complexity index is 1160. The summed E-state index contributed by atoms with van der Waals surface area (Å²) in [5.41, 5.74) is 2.88. The standard InChI is InChI=1S/C26H29N5O5/c1-3-19-5-7-20(8-6-19)28-25(32)27-17-4-18-30(22-13-15-24(36-2)16-14-22)26(33)29-21-9-11-23(12-10-21)31(34)35/h5-16H,3-4,17-18H2,1-2H3,(H,29,33)(H2,27,28,32). The molecule has 0 atom stereocenters. The van der Waals surface area contributed by atoms with Crippen molar-refractivity contribution in [2.24, 2.45) is 0 Å². The van der Waals surface area contributed by atoms with Gasteiger partial charge in [0.15, 0.2) is 0 Å². The van der Waals surface area contributed by atoms with E-state index in [1.807, 2.05) is 24.3 Å². The van der Waals surface area contributed by atoms with E-state index < -0.39 is 11.0 Å². The molecule has 0 unspecified atom stereocenters. The third-order valence-corrected chi connectivity index (χ3v) is 5.42. The van der Waals surface area contributed by atoms with Gasteiger partial charge >= 0.3 is 12.1 Å². The first-order chi connectivity index (χ1) is 17.4. The molecule has 3 aromatic carbocycles. The minimum Gasteiger partial charge on any atom is -0.497 e. The number of rotatable bonds is 10. The number of ether oxygens (including phenoxy) is 1. The molecule has 0 aliphatic heterocycles. The Morgan fingerprint density at radius 2 is 1.53 bits per heavy atom. The lowest BCUT2D eigenvalue weighted by Crippen LogP contribution is -2.38. The van der Waals surface area contributed by atoms with Crippen molar-refractivity contribution < 1.29 is 19.2 Å². The highest BCUT2D eigenvalue weighted by molar-refractivity contribution is 6.01. The van der Waals surface area contributed by atoms with E-state index in [-0.39, 0.29) is 11.7 Å². The molecule has 3 rings (SSSR count). The van der Waals surface area contributed by atoms with E-state index in [1.165, 1.54) is 34.7 Å². The van der Waals surface area contributed by atoms with Crippen LogP contribution < -0.4 is 25.6 Å². The smallest absolute Gasteiger partial charge is 0.326 e. The van der Waals surface area contributed by atoms with Gasteiger partial charge < -0.3 is 20.7 Å². The van der Waals surface area contributed by atoms with Crippen LogP contribution in [0.25, 0.3) is 0 Å². The van der Waals surface area contributed by atoms with E-state index in [0.29, 0.717) is 42.3 Å². The summed E-state index contributed by atoms with van der Waals surface area (Å²) < 4.78 is 5.19. The number of nitrogens with zero attached hydrogens (tertiary/aromatic N) is 2. The summed E-state index contributed by atoms with van der Waals surface area (Å²) in [4.78, 5) is 37.2. The molecule has 3 aromatic rings. The Labute approximate surface area is 209 Å². The van der Waals surface area contributed by atoms with Crippen molar-refractivity contribution >= 4 is 34.8 Å². The minimum absolute atomic E-state index is 0.0642. The van der Waals surface area contributed by atoms with Gasteiger partial charge in [-0.2, -0.15) is 0 Å². The summed E-state index contributed by atoms with van der Waals surface area (Å²) in [6.07, 6.45) is 1.41. The molecule has 0 spiro atoms. The summed E-state index contributed by atoms with van der Waals surface area (Å²) in [7, 11) is 1.56. The number of nitro groups is 1. The number of aryl methyl sites for hydroxylation is 1. The number of anilines is 3. The zero-order valence-electron chi connectivity index (χ0n) is 20.2. The van der Waals surface area contributed by atoms with E-state index in [1.54, 1.807) is 31.4 Å². The fourth-order valence-corrected chi connectivity index (χ4v) is 3.41. The lowest BCUT2D eigenvalue weighted by Gasteiger charge is -2.23. The average Bonchev–Trinajstić information content (AvgIpc) is 2.89. The van der Waals surface area contributed by atoms with Gasteiger partial charge in [0.2, 0.25) is 0 Å². The molecule has 0 aliphatic carbocycles. The molecule has 0 saturated carbocycles. The molecule has 0 radical (unpaired) electrons. The third-order valence-electron chi connectivity index (χ3n) is 5.42. The maximum absolute atomic E-state index is 13.1. The Kier molecular flexibility index (Phi) is 9.21. The maximum atomic E-state index is 13.1. The Hall–Kier alpha value is -4.60. The number of nitro benzene ring substituents is 1. The molecule has 0 fully saturated rings. The molecule has 0 aromatic heterocycles. The van der Waals surface area contributed by atoms with Crippen LogP contribution in [0, 0.1) is 10.1 Å². The highest BCUT2D eigenvalue weighted by atomic mass is 16.6. The van der Waals surface area contributed by atoms with E-state index in [2.05, 4.69) is 22.9 Å². The average molecular weight is 492 g/mol. The van der Waals surface area contributed by atoms with Gasteiger partial charge in [-0.1, -0.05) is 19.1 Å². The van der Waals surface area contributed by atoms with Gasteiger partial charge in [0.1, 0.15) is 5.75 Å². The van der Waals surface area contributed by atoms with Crippen molar-refractivity contribution in [3.63, 3.8) is 0 Å². The van der Waals surface area contributed by atoms with Crippen LogP contribution in [0.1, 0.15) is 18.9 Å². The predicted molar refractivity (Wildman–Crippen MR) is 140 cm³/mol. The number of urea groups is 2. The monoisotopic (exact) mass is 491 g/mol. The van der Waals surface area contributed by atoms with Crippen molar-refractivity contribution in [2.45, 2.75) is 19.8 Å². The van der Waals surface area contributed by atoms with Crippen molar-refractivity contribution in [3.05, 3.63) is 88.5 Å². The molecular weight excluding hydrogens is 462 g/mol. The molecule has 0 bridgehead atoms. The normalized spacial score (nSPS) is 10.3. The molecule has 188 valence electrons. The molecule has 3 N–H and O–H groups in total. The first kappa shape index (κ1) is 26.0. The number of carbonyl (C=O) groups is 2. The molecule has 10 nitrogen and oxygen atoms in total. The highest BCUT2D eigenvalue weighted by Gasteiger charge is 2.17. The SMILES string of the molecule is CCc1ccc(NC(=O)NCCCN(C(=O)Nc2ccc([N+](=O)[O-])cc2)c2ccc(OC)cc2)cc1. The molecular formula is C26H29N5O5. The van der Waals surface area contributed by atoms with Crippen LogP contribution in [0.4, 0.5) is 32.3 Å². The number of nitrogens with one attached hydrogen (secondary N) is 3. The first-order valence-corrected chi connectivity index (χ1v) is 11.5. The van der Waals surface area contributed by atoms with Gasteiger partial charge in [0, 0.05) is 42.3 Å². The van der Waals surface area contributed by atoms with Gasteiger partial charge in [0.25, 0.3) is 5.69 Å². The molecule has 0 saturated heterocycles. The predicted octanol–water partition coefficient (Wildman–Crippen LogP) is 5.42. The number of amides is 4. The fraction of sp³-hybridized carbons (Fsp3) is 0.231. The van der Waals surface area contributed by atoms with Crippen LogP contribution in [0.15, 0.2) is 72.8 Å². The van der Waals surface area contributed by atoms with Gasteiger partial charge in [-0.3, -0.25) is 15.0 Å². The lowest BCUT2D eigenvalue weighted by atomic mass is 10.1. The zero-order chi connectivity index (χ0) is 25.9. The van der Waals surface area contributed by atoms with Gasteiger partial charge in [-0.15, -0.1) is 0 Å². The van der Waals surface area contributed by atoms with Crippen LogP contribution in [-0.4, -0.2) is 37.2 Å². The van der Waals surface area contributed by atoms with Gasteiger partial charge in [0.05, 0.1) is 12.0 Å². The largest absolute Gasteiger partial charge is 0.497 e. The highest BCUT2D eigenvalue weighted by Crippen LogP contribution is 2.22. The van der Waals surface area contributed by atoms with E-state index in [0.717, 1.165) is 6.42 Å². The Morgan fingerprint density at radius 1 is 0.917 bits per heavy atom. The number of methoxy groups -OCH3 is 1. The maximum Gasteiger partial charge on any atom is 0.326 e. The summed E-state index contributed by atoms with van der Waals surface area (Å²) in [6.45, 7) is 2.73. The molecule has 36 heavy (non-hydrogen) atoms. The van der Waals surface area contributed by atoms with Gasteiger partial charge in [-0.25, -0.2) is 9.59 Å². The minimum atomic E-state index is -0.501. The molecule has 0 heterocycles. The quantitative estimate of drug-likeness (QED) is 0.198. The van der Waals surface area contributed by atoms with Crippen molar-refractivity contribution in [3.8, 4) is 5.75 Å². The van der Waals surface area contributed by atoms with Crippen molar-refractivity contribution in [2.75, 3.05) is 35.7 Å². The van der Waals surface area contributed by atoms with Crippen LogP contribution in [0.2, 0.25) is 0 Å². The molecule has 0 aliphatic rings. The number of non-ortho nitro benzene ring substituents is 1. The molecule has 4 amide bonds.